The standard InChI is InChI=1S/C16H17NO3/c1-16(9-20-10-16)8-17-15(19)13-7-6-11-4-2-3-5-12(11)14(13)18/h2-7,18H,8-10H2,1H3,(H,17,19). The van der Waals surface area contributed by atoms with Crippen molar-refractivity contribution >= 4 is 16.7 Å². The second kappa shape index (κ2) is 4.80. The summed E-state index contributed by atoms with van der Waals surface area (Å²) in [5.41, 5.74) is 0.329. The Morgan fingerprint density at radius 3 is 2.75 bits per heavy atom. The van der Waals surface area contributed by atoms with Gasteiger partial charge >= 0.3 is 0 Å². The fourth-order valence-electron chi connectivity index (χ4n) is 2.38. The summed E-state index contributed by atoms with van der Waals surface area (Å²) in [7, 11) is 0. The van der Waals surface area contributed by atoms with Crippen LogP contribution in [0.4, 0.5) is 0 Å². The Morgan fingerprint density at radius 1 is 1.30 bits per heavy atom. The van der Waals surface area contributed by atoms with Gasteiger partial charge < -0.3 is 15.2 Å². The van der Waals surface area contributed by atoms with E-state index in [4.69, 9.17) is 4.74 Å². The highest BCUT2D eigenvalue weighted by atomic mass is 16.5. The summed E-state index contributed by atoms with van der Waals surface area (Å²) in [6.07, 6.45) is 0. The van der Waals surface area contributed by atoms with Crippen molar-refractivity contribution in [1.82, 2.24) is 5.32 Å². The molecule has 0 aromatic heterocycles. The number of nitrogens with one attached hydrogen (secondary N) is 1. The van der Waals surface area contributed by atoms with Crippen LogP contribution in [0, 0.1) is 5.41 Å². The molecule has 0 spiro atoms. The summed E-state index contributed by atoms with van der Waals surface area (Å²) in [6.45, 7) is 3.95. The predicted octanol–water partition coefficient (Wildman–Crippen LogP) is 2.31. The average Bonchev–Trinajstić information content (AvgIpc) is 2.43. The van der Waals surface area contributed by atoms with Crippen molar-refractivity contribution < 1.29 is 14.6 Å². The van der Waals surface area contributed by atoms with Gasteiger partial charge in [-0.05, 0) is 11.5 Å². The Hall–Kier alpha value is -2.07. The molecule has 4 nitrogen and oxygen atoms in total. The van der Waals surface area contributed by atoms with E-state index >= 15 is 0 Å². The van der Waals surface area contributed by atoms with E-state index in [2.05, 4.69) is 12.2 Å². The van der Waals surface area contributed by atoms with Gasteiger partial charge in [-0.2, -0.15) is 0 Å². The van der Waals surface area contributed by atoms with Gasteiger partial charge in [-0.1, -0.05) is 37.3 Å². The fourth-order valence-corrected chi connectivity index (χ4v) is 2.38. The number of fused-ring (bicyclic) bond motifs is 1. The van der Waals surface area contributed by atoms with Crippen LogP contribution in [0.3, 0.4) is 0 Å². The predicted molar refractivity (Wildman–Crippen MR) is 76.9 cm³/mol. The molecular formula is C16H17NO3. The van der Waals surface area contributed by atoms with Crippen molar-refractivity contribution in [3.05, 3.63) is 42.0 Å². The number of amides is 1. The molecule has 1 aliphatic heterocycles. The minimum Gasteiger partial charge on any atom is -0.506 e. The number of carbonyl (C=O) groups excluding carboxylic acids is 1. The molecule has 20 heavy (non-hydrogen) atoms. The van der Waals surface area contributed by atoms with E-state index in [1.807, 2.05) is 30.3 Å². The van der Waals surface area contributed by atoms with E-state index in [-0.39, 0.29) is 17.1 Å². The number of aromatic hydroxyl groups is 1. The molecule has 1 amide bonds. The number of benzene rings is 2. The first kappa shape index (κ1) is 12.9. The van der Waals surface area contributed by atoms with Crippen molar-refractivity contribution in [2.45, 2.75) is 6.92 Å². The van der Waals surface area contributed by atoms with Crippen LogP contribution in [-0.4, -0.2) is 30.8 Å². The van der Waals surface area contributed by atoms with Gasteiger partial charge in [-0.15, -0.1) is 0 Å². The van der Waals surface area contributed by atoms with Gasteiger partial charge in [0.1, 0.15) is 5.75 Å². The maximum absolute atomic E-state index is 12.2. The molecule has 4 heteroatoms. The monoisotopic (exact) mass is 271 g/mol. The second-order valence-electron chi connectivity index (χ2n) is 5.67. The zero-order valence-corrected chi connectivity index (χ0v) is 11.3. The molecule has 0 aliphatic carbocycles. The summed E-state index contributed by atoms with van der Waals surface area (Å²) in [6, 6.07) is 11.0. The molecule has 0 atom stereocenters. The largest absolute Gasteiger partial charge is 0.506 e. The summed E-state index contributed by atoms with van der Waals surface area (Å²) in [5, 5.41) is 14.7. The third-order valence-corrected chi connectivity index (χ3v) is 3.72. The minimum absolute atomic E-state index is 0.0160. The van der Waals surface area contributed by atoms with Gasteiger partial charge in [0.2, 0.25) is 0 Å². The van der Waals surface area contributed by atoms with Crippen LogP contribution in [0.5, 0.6) is 5.75 Å². The topological polar surface area (TPSA) is 58.6 Å². The number of phenols is 1. The molecule has 0 unspecified atom stereocenters. The van der Waals surface area contributed by atoms with Crippen LogP contribution in [0.15, 0.2) is 36.4 Å². The second-order valence-corrected chi connectivity index (χ2v) is 5.67. The molecule has 2 N–H and O–H groups in total. The molecule has 3 rings (SSSR count). The van der Waals surface area contributed by atoms with Gasteiger partial charge in [-0.3, -0.25) is 4.79 Å². The molecule has 2 aromatic carbocycles. The fraction of sp³-hybridized carbons (Fsp3) is 0.312. The number of rotatable bonds is 3. The van der Waals surface area contributed by atoms with Crippen molar-refractivity contribution in [3.63, 3.8) is 0 Å². The molecule has 0 radical (unpaired) electrons. The lowest BCUT2D eigenvalue weighted by Gasteiger charge is -2.38. The average molecular weight is 271 g/mol. The first-order valence-electron chi connectivity index (χ1n) is 6.66. The van der Waals surface area contributed by atoms with Crippen LogP contribution in [0.25, 0.3) is 10.8 Å². The highest BCUT2D eigenvalue weighted by Crippen LogP contribution is 2.29. The lowest BCUT2D eigenvalue weighted by atomic mass is 9.88. The molecule has 1 saturated heterocycles. The Kier molecular flexibility index (Phi) is 3.10. The van der Waals surface area contributed by atoms with Crippen LogP contribution in [0.2, 0.25) is 0 Å². The van der Waals surface area contributed by atoms with Crippen molar-refractivity contribution in [1.29, 1.82) is 0 Å². The quantitative estimate of drug-likeness (QED) is 0.900. The molecule has 0 saturated carbocycles. The lowest BCUT2D eigenvalue weighted by Crippen LogP contribution is -2.48. The molecule has 1 fully saturated rings. The van der Waals surface area contributed by atoms with Gasteiger partial charge in [0, 0.05) is 17.3 Å². The summed E-state index contributed by atoms with van der Waals surface area (Å²) >= 11 is 0. The molecule has 0 bridgehead atoms. The lowest BCUT2D eigenvalue weighted by molar-refractivity contribution is -0.0978. The van der Waals surface area contributed by atoms with E-state index in [0.29, 0.717) is 30.7 Å². The Labute approximate surface area is 117 Å². The Morgan fingerprint density at radius 2 is 2.05 bits per heavy atom. The van der Waals surface area contributed by atoms with Gasteiger partial charge in [0.15, 0.2) is 0 Å². The molecule has 1 aliphatic rings. The van der Waals surface area contributed by atoms with Gasteiger partial charge in [-0.25, -0.2) is 0 Å². The van der Waals surface area contributed by atoms with Crippen molar-refractivity contribution in [2.24, 2.45) is 5.41 Å². The normalized spacial score (nSPS) is 16.6. The molecule has 104 valence electrons. The zero-order valence-electron chi connectivity index (χ0n) is 11.3. The third-order valence-electron chi connectivity index (χ3n) is 3.72. The molecular weight excluding hydrogens is 254 g/mol. The van der Waals surface area contributed by atoms with Crippen LogP contribution in [-0.2, 0) is 4.74 Å². The maximum Gasteiger partial charge on any atom is 0.255 e. The van der Waals surface area contributed by atoms with Gasteiger partial charge in [0.25, 0.3) is 5.91 Å². The first-order chi connectivity index (χ1) is 9.59. The van der Waals surface area contributed by atoms with E-state index < -0.39 is 0 Å². The smallest absolute Gasteiger partial charge is 0.255 e. The van der Waals surface area contributed by atoms with E-state index in [1.54, 1.807) is 6.07 Å². The van der Waals surface area contributed by atoms with Crippen LogP contribution < -0.4 is 5.32 Å². The highest BCUT2D eigenvalue weighted by molar-refractivity contribution is 6.03. The van der Waals surface area contributed by atoms with Gasteiger partial charge in [0.05, 0.1) is 18.8 Å². The minimum atomic E-state index is -0.249. The summed E-state index contributed by atoms with van der Waals surface area (Å²) in [5.74, 6) is -0.211. The van der Waals surface area contributed by atoms with Crippen LogP contribution in [0.1, 0.15) is 17.3 Å². The number of hydrogen-bond acceptors (Lipinski definition) is 3. The maximum atomic E-state index is 12.2. The number of ether oxygens (including phenoxy) is 1. The van der Waals surface area contributed by atoms with Crippen LogP contribution >= 0.6 is 0 Å². The SMILES string of the molecule is CC1(CNC(=O)c2ccc3ccccc3c2O)COC1. The van der Waals surface area contributed by atoms with Crippen molar-refractivity contribution in [2.75, 3.05) is 19.8 Å². The number of carbonyl (C=O) groups is 1. The molecule has 1 heterocycles. The highest BCUT2D eigenvalue weighted by Gasteiger charge is 2.33. The van der Waals surface area contributed by atoms with Crippen molar-refractivity contribution in [3.8, 4) is 5.75 Å². The zero-order chi connectivity index (χ0) is 14.2. The van der Waals surface area contributed by atoms with E-state index in [1.165, 1.54) is 0 Å². The Balaban J connectivity index is 1.82. The summed E-state index contributed by atoms with van der Waals surface area (Å²) in [4.78, 5) is 12.2. The Bertz CT molecular complexity index is 662. The van der Waals surface area contributed by atoms with E-state index in [0.717, 1.165) is 5.39 Å². The number of phenolic OH excluding ortho intramolecular Hbond substituents is 1. The third kappa shape index (κ3) is 2.23. The van der Waals surface area contributed by atoms with E-state index in [9.17, 15) is 9.90 Å². The first-order valence-corrected chi connectivity index (χ1v) is 6.66. The number of hydrogen-bond donors (Lipinski definition) is 2. The summed E-state index contributed by atoms with van der Waals surface area (Å²) < 4.78 is 5.16. The molecule has 2 aromatic rings.